The minimum atomic E-state index is -0.152. The molecule has 0 N–H and O–H groups in total. The Morgan fingerprint density at radius 2 is 0.867 bits per heavy atom. The number of ether oxygens (including phenoxy) is 9. The minimum Gasteiger partial charge on any atom is -0.496 e. The molecular formula is C36H48O9. The molecule has 0 aliphatic heterocycles. The van der Waals surface area contributed by atoms with Gasteiger partial charge in [0.05, 0.1) is 64.0 Å². The zero-order valence-corrected chi connectivity index (χ0v) is 28.7. The second-order valence-corrected chi connectivity index (χ2v) is 10.6. The van der Waals surface area contributed by atoms with Gasteiger partial charge in [0.25, 0.3) is 0 Å². The second kappa shape index (κ2) is 16.1. The Morgan fingerprint density at radius 1 is 0.511 bits per heavy atom. The van der Waals surface area contributed by atoms with Crippen molar-refractivity contribution < 1.29 is 42.6 Å². The fraction of sp³-hybridized carbons (Fsp3) is 0.444. The molecule has 3 aromatic rings. The third-order valence-corrected chi connectivity index (χ3v) is 8.42. The molecule has 0 amide bonds. The lowest BCUT2D eigenvalue weighted by atomic mass is 9.71. The maximum absolute atomic E-state index is 5.98. The number of hydrogen-bond donors (Lipinski definition) is 0. The van der Waals surface area contributed by atoms with Gasteiger partial charge in [0.2, 0.25) is 0 Å². The molecule has 3 rings (SSSR count). The van der Waals surface area contributed by atoms with E-state index in [-0.39, 0.29) is 17.8 Å². The van der Waals surface area contributed by atoms with Crippen molar-refractivity contribution in [2.75, 3.05) is 64.0 Å². The smallest absolute Gasteiger partial charge is 0.164 e. The third-order valence-electron chi connectivity index (χ3n) is 8.42. The Hall–Kier alpha value is -4.40. The quantitative estimate of drug-likeness (QED) is 0.159. The van der Waals surface area contributed by atoms with Crippen LogP contribution in [0.15, 0.2) is 42.0 Å². The molecule has 0 saturated carbocycles. The number of benzene rings is 3. The molecule has 3 unspecified atom stereocenters. The van der Waals surface area contributed by atoms with Crippen LogP contribution < -0.4 is 42.6 Å². The summed E-state index contributed by atoms with van der Waals surface area (Å²) in [5.41, 5.74) is 3.89. The Balaban J connectivity index is 2.35. The highest BCUT2D eigenvalue weighted by atomic mass is 16.5. The molecule has 0 fully saturated rings. The van der Waals surface area contributed by atoms with E-state index in [4.69, 9.17) is 42.6 Å². The van der Waals surface area contributed by atoms with E-state index in [9.17, 15) is 0 Å². The van der Waals surface area contributed by atoms with Crippen LogP contribution in [0.2, 0.25) is 0 Å². The highest BCUT2D eigenvalue weighted by molar-refractivity contribution is 5.67. The van der Waals surface area contributed by atoms with Gasteiger partial charge < -0.3 is 42.6 Å². The topological polar surface area (TPSA) is 83.1 Å². The van der Waals surface area contributed by atoms with Crippen molar-refractivity contribution in [2.24, 2.45) is 5.92 Å². The average Bonchev–Trinajstić information content (AvgIpc) is 3.07. The van der Waals surface area contributed by atoms with Crippen molar-refractivity contribution in [3.05, 3.63) is 58.7 Å². The normalized spacial score (nSPS) is 13.3. The fourth-order valence-corrected chi connectivity index (χ4v) is 6.19. The molecule has 3 atom stereocenters. The van der Waals surface area contributed by atoms with Gasteiger partial charge in [0, 0.05) is 40.8 Å². The first kappa shape index (κ1) is 35.1. The first-order valence-electron chi connectivity index (χ1n) is 14.8. The monoisotopic (exact) mass is 624 g/mol. The van der Waals surface area contributed by atoms with Crippen molar-refractivity contribution in [1.82, 2.24) is 0 Å². The van der Waals surface area contributed by atoms with Crippen LogP contribution in [0.5, 0.6) is 51.7 Å². The third kappa shape index (κ3) is 7.30. The largest absolute Gasteiger partial charge is 0.496 e. The van der Waals surface area contributed by atoms with E-state index in [0.717, 1.165) is 34.4 Å². The van der Waals surface area contributed by atoms with Crippen molar-refractivity contribution in [3.8, 4) is 51.7 Å². The summed E-state index contributed by atoms with van der Waals surface area (Å²) in [6.07, 6.45) is 2.95. The van der Waals surface area contributed by atoms with Gasteiger partial charge >= 0.3 is 0 Å². The Morgan fingerprint density at radius 3 is 1.29 bits per heavy atom. The lowest BCUT2D eigenvalue weighted by molar-refractivity contribution is 0.332. The second-order valence-electron chi connectivity index (χ2n) is 10.6. The van der Waals surface area contributed by atoms with Gasteiger partial charge in [-0.15, -0.1) is 0 Å². The van der Waals surface area contributed by atoms with E-state index in [2.05, 4.69) is 26.8 Å². The molecule has 0 saturated heterocycles. The highest BCUT2D eigenvalue weighted by Gasteiger charge is 2.34. The van der Waals surface area contributed by atoms with Gasteiger partial charge in [-0.05, 0) is 43.4 Å². The summed E-state index contributed by atoms with van der Waals surface area (Å²) in [5, 5.41) is 0. The van der Waals surface area contributed by atoms with E-state index in [1.54, 1.807) is 64.0 Å². The zero-order valence-electron chi connectivity index (χ0n) is 28.7. The molecule has 9 nitrogen and oxygen atoms in total. The number of allylic oxidation sites excluding steroid dienone is 1. The lowest BCUT2D eigenvalue weighted by Gasteiger charge is -2.34. The van der Waals surface area contributed by atoms with Gasteiger partial charge in [0.15, 0.2) is 34.5 Å². The standard InChI is InChI=1S/C36H48O9/c1-13-24(25-16-31(41-8)34(44-11)19-28(25)38-5)22(3)36(26-17-32(42-9)35(45-12)20-29(26)39-6)21(2)14-23-15-30(40-7)33(43-10)18-27(23)37-4/h14-20,22,24,36H,13H2,1-12H3/b21-14+. The van der Waals surface area contributed by atoms with Gasteiger partial charge in [-0.2, -0.15) is 0 Å². The molecule has 0 aliphatic rings. The van der Waals surface area contributed by atoms with Crippen LogP contribution in [0.4, 0.5) is 0 Å². The van der Waals surface area contributed by atoms with E-state index in [1.165, 1.54) is 0 Å². The van der Waals surface area contributed by atoms with Crippen molar-refractivity contribution in [1.29, 1.82) is 0 Å². The predicted molar refractivity (Wildman–Crippen MR) is 177 cm³/mol. The van der Waals surface area contributed by atoms with E-state index in [1.807, 2.05) is 36.4 Å². The maximum atomic E-state index is 5.98. The molecular weight excluding hydrogens is 576 g/mol. The summed E-state index contributed by atoms with van der Waals surface area (Å²) < 4.78 is 51.5. The highest BCUT2D eigenvalue weighted by Crippen LogP contribution is 2.51. The zero-order chi connectivity index (χ0) is 33.3. The summed E-state index contributed by atoms with van der Waals surface area (Å²) in [6.45, 7) is 6.54. The van der Waals surface area contributed by atoms with Crippen LogP contribution in [0.1, 0.15) is 55.7 Å². The maximum Gasteiger partial charge on any atom is 0.164 e. The van der Waals surface area contributed by atoms with Crippen LogP contribution in [-0.4, -0.2) is 64.0 Å². The van der Waals surface area contributed by atoms with Crippen LogP contribution in [-0.2, 0) is 0 Å². The van der Waals surface area contributed by atoms with Crippen molar-refractivity contribution in [2.45, 2.75) is 39.0 Å². The molecule has 0 bridgehead atoms. The molecule has 0 aliphatic carbocycles. The first-order chi connectivity index (χ1) is 21.7. The molecule has 0 spiro atoms. The van der Waals surface area contributed by atoms with Gasteiger partial charge in [-0.1, -0.05) is 25.5 Å². The Bertz CT molecular complexity index is 1460. The number of hydrogen-bond acceptors (Lipinski definition) is 9. The summed E-state index contributed by atoms with van der Waals surface area (Å²) >= 11 is 0. The van der Waals surface area contributed by atoms with Gasteiger partial charge in [-0.3, -0.25) is 0 Å². The Labute approximate surface area is 267 Å². The number of rotatable bonds is 16. The van der Waals surface area contributed by atoms with Crippen LogP contribution >= 0.6 is 0 Å². The first-order valence-corrected chi connectivity index (χ1v) is 14.8. The van der Waals surface area contributed by atoms with Crippen molar-refractivity contribution >= 4 is 6.08 Å². The van der Waals surface area contributed by atoms with E-state index >= 15 is 0 Å². The lowest BCUT2D eigenvalue weighted by Crippen LogP contribution is -2.21. The van der Waals surface area contributed by atoms with Gasteiger partial charge in [0.1, 0.15) is 17.2 Å². The molecule has 0 heterocycles. The molecule has 3 aromatic carbocycles. The van der Waals surface area contributed by atoms with Crippen molar-refractivity contribution in [3.63, 3.8) is 0 Å². The average molecular weight is 625 g/mol. The van der Waals surface area contributed by atoms with Crippen LogP contribution in [0.25, 0.3) is 6.08 Å². The number of methoxy groups -OCH3 is 9. The molecule has 0 radical (unpaired) electrons. The molecule has 45 heavy (non-hydrogen) atoms. The summed E-state index contributed by atoms with van der Waals surface area (Å²) in [6, 6.07) is 11.5. The minimum absolute atomic E-state index is 0.0244. The van der Waals surface area contributed by atoms with Crippen LogP contribution in [0.3, 0.4) is 0 Å². The molecule has 9 heteroatoms. The summed E-state index contributed by atoms with van der Waals surface area (Å²) in [7, 11) is 14.7. The van der Waals surface area contributed by atoms with E-state index in [0.29, 0.717) is 46.0 Å². The summed E-state index contributed by atoms with van der Waals surface area (Å²) in [5.74, 6) is 5.62. The van der Waals surface area contributed by atoms with Crippen LogP contribution in [0, 0.1) is 5.92 Å². The Kier molecular flexibility index (Phi) is 12.5. The predicted octanol–water partition coefficient (Wildman–Crippen LogP) is 7.78. The molecule has 0 aromatic heterocycles. The fourth-order valence-electron chi connectivity index (χ4n) is 6.19. The van der Waals surface area contributed by atoms with E-state index < -0.39 is 0 Å². The SMILES string of the molecule is CCC(c1cc(OC)c(OC)cc1OC)C(C)C(/C(C)=C/c1cc(OC)c(OC)cc1OC)c1cc(OC)c(OC)cc1OC. The van der Waals surface area contributed by atoms with Gasteiger partial charge in [-0.25, -0.2) is 0 Å². The molecule has 246 valence electrons. The summed E-state index contributed by atoms with van der Waals surface area (Å²) in [4.78, 5) is 0.